The summed E-state index contributed by atoms with van der Waals surface area (Å²) in [5.41, 5.74) is 2.70. The van der Waals surface area contributed by atoms with Gasteiger partial charge >= 0.3 is 21.3 Å². The monoisotopic (exact) mass is 698 g/mol. The summed E-state index contributed by atoms with van der Waals surface area (Å²) in [5, 5.41) is -3.92. The predicted molar refractivity (Wildman–Crippen MR) is 173 cm³/mol. The van der Waals surface area contributed by atoms with Crippen LogP contribution in [0.4, 0.5) is 8.78 Å². The van der Waals surface area contributed by atoms with Crippen LogP contribution in [0.3, 0.4) is 0 Å². The lowest BCUT2D eigenvalue weighted by Crippen LogP contribution is -2.41. The van der Waals surface area contributed by atoms with Gasteiger partial charge in [0.1, 0.15) is 0 Å². The van der Waals surface area contributed by atoms with E-state index in [9.17, 15) is 13.2 Å². The first kappa shape index (κ1) is 35.2. The maximum atomic E-state index is 15.5. The Morgan fingerprint density at radius 1 is 0.651 bits per heavy atom. The summed E-state index contributed by atoms with van der Waals surface area (Å²) in [7, 11) is -9.11. The number of unbranched alkanes of at least 4 members (excludes halogenated alkanes) is 7. The first-order valence-electron chi connectivity index (χ1n) is 14.5. The molecule has 0 fully saturated rings. The number of ether oxygens (including phenoxy) is 1. The van der Waals surface area contributed by atoms with Crippen molar-refractivity contribution in [3.8, 4) is 0 Å². The molecule has 0 heterocycles. The van der Waals surface area contributed by atoms with E-state index in [1.54, 1.807) is 72.8 Å². The van der Waals surface area contributed by atoms with Crippen LogP contribution in [0.1, 0.15) is 68.1 Å². The normalized spacial score (nSPS) is 12.7. The molecule has 0 unspecified atom stereocenters. The molecule has 3 aromatic rings. The lowest BCUT2D eigenvalue weighted by molar-refractivity contribution is -0.161. The number of halogens is 3. The van der Waals surface area contributed by atoms with Crippen LogP contribution < -0.4 is 0 Å². The third kappa shape index (κ3) is 9.12. The standard InChI is InChI=1S/C33H41BrF2O5S2/c1-26-12-18-29(19-13-26)42(30-20-14-27(2)15-21-30,31-22-16-28(3)17-23-31)41-43(38,39)33(35,36)32(37)40-25-11-9-7-5-4-6-8-10-24-34/h12-23H,4-11,24-25H2,1-3H3. The third-order valence-electron chi connectivity index (χ3n) is 7.06. The molecule has 0 N–H and O–H groups in total. The number of hydrogen-bond donors (Lipinski definition) is 0. The number of hydrogen-bond acceptors (Lipinski definition) is 5. The van der Waals surface area contributed by atoms with Crippen molar-refractivity contribution in [1.82, 2.24) is 0 Å². The lowest BCUT2D eigenvalue weighted by atomic mass is 10.1. The van der Waals surface area contributed by atoms with Gasteiger partial charge < -0.3 is 4.74 Å². The van der Waals surface area contributed by atoms with Gasteiger partial charge in [-0.25, -0.2) is 8.42 Å². The summed E-state index contributed by atoms with van der Waals surface area (Å²) in [6.07, 6.45) is 7.50. The summed E-state index contributed by atoms with van der Waals surface area (Å²) >= 11 is 3.41. The maximum Gasteiger partial charge on any atom is 0.466 e. The zero-order valence-electron chi connectivity index (χ0n) is 25.0. The van der Waals surface area contributed by atoms with Gasteiger partial charge in [-0.05, 0) is 80.3 Å². The van der Waals surface area contributed by atoms with Gasteiger partial charge in [-0.2, -0.15) is 17.2 Å². The van der Waals surface area contributed by atoms with Gasteiger partial charge in [0, 0.05) is 20.0 Å². The quantitative estimate of drug-likeness (QED) is 0.0797. The van der Waals surface area contributed by atoms with Crippen LogP contribution in [-0.4, -0.2) is 31.6 Å². The van der Waals surface area contributed by atoms with E-state index >= 15 is 8.78 Å². The summed E-state index contributed by atoms with van der Waals surface area (Å²) in [4.78, 5) is 13.7. The summed E-state index contributed by atoms with van der Waals surface area (Å²) in [6, 6.07) is 20.7. The van der Waals surface area contributed by atoms with Crippen LogP contribution in [0.15, 0.2) is 87.5 Å². The smallest absolute Gasteiger partial charge is 0.460 e. The first-order valence-corrected chi connectivity index (χ1v) is 18.6. The van der Waals surface area contributed by atoms with Crippen molar-refractivity contribution < 1.29 is 30.4 Å². The molecule has 0 spiro atoms. The van der Waals surface area contributed by atoms with Gasteiger partial charge in [-0.3, -0.25) is 0 Å². The molecule has 3 rings (SSSR count). The molecule has 0 aliphatic heterocycles. The van der Waals surface area contributed by atoms with E-state index in [1.807, 2.05) is 20.8 Å². The van der Waals surface area contributed by atoms with E-state index < -0.39 is 31.7 Å². The maximum absolute atomic E-state index is 15.5. The topological polar surface area (TPSA) is 69.7 Å². The second-order valence-corrected chi connectivity index (χ2v) is 16.0. The molecule has 3 aromatic carbocycles. The van der Waals surface area contributed by atoms with E-state index in [4.69, 9.17) is 8.37 Å². The third-order valence-corrected chi connectivity index (χ3v) is 12.8. The Morgan fingerprint density at radius 2 is 1.00 bits per heavy atom. The molecule has 0 aliphatic rings. The first-order chi connectivity index (χ1) is 20.4. The second kappa shape index (κ2) is 16.2. The highest BCUT2D eigenvalue weighted by molar-refractivity contribution is 9.09. The SMILES string of the molecule is Cc1ccc(S(OS(=O)(=O)C(F)(F)C(=O)OCCCCCCCCCCBr)(c2ccc(C)cc2)c2ccc(C)cc2)cc1. The minimum atomic E-state index is -5.83. The fraction of sp³-hybridized carbons (Fsp3) is 0.424. The molecule has 10 heteroatoms. The molecule has 0 amide bonds. The van der Waals surface area contributed by atoms with Crippen LogP contribution in [0.5, 0.6) is 0 Å². The molecule has 43 heavy (non-hydrogen) atoms. The van der Waals surface area contributed by atoms with Crippen molar-refractivity contribution in [3.63, 3.8) is 0 Å². The average molecular weight is 700 g/mol. The number of carbonyl (C=O) groups excluding carboxylic acids is 1. The van der Waals surface area contributed by atoms with E-state index in [1.165, 1.54) is 0 Å². The van der Waals surface area contributed by atoms with Crippen molar-refractivity contribution in [2.45, 2.75) is 92.1 Å². The molecule has 0 aromatic heterocycles. The van der Waals surface area contributed by atoms with Crippen molar-refractivity contribution >= 4 is 42.3 Å². The summed E-state index contributed by atoms with van der Waals surface area (Å²) < 4.78 is 68.3. The molecule has 0 atom stereocenters. The van der Waals surface area contributed by atoms with Crippen LogP contribution in [0, 0.1) is 20.8 Å². The van der Waals surface area contributed by atoms with E-state index in [0.29, 0.717) is 27.5 Å². The number of carbonyl (C=O) groups is 1. The van der Waals surface area contributed by atoms with E-state index in [2.05, 4.69) is 15.9 Å². The molecule has 0 saturated heterocycles. The van der Waals surface area contributed by atoms with Crippen LogP contribution >= 0.6 is 26.2 Å². The zero-order valence-corrected chi connectivity index (χ0v) is 28.2. The highest BCUT2D eigenvalue weighted by Crippen LogP contribution is 2.70. The predicted octanol–water partition coefficient (Wildman–Crippen LogP) is 9.81. The number of alkyl halides is 3. The molecule has 0 bridgehead atoms. The summed E-state index contributed by atoms with van der Waals surface area (Å²) in [5.74, 6) is -2.13. The Hall–Kier alpha value is -2.27. The number of aryl methyl sites for hydroxylation is 3. The van der Waals surface area contributed by atoms with E-state index in [0.717, 1.165) is 60.5 Å². The summed E-state index contributed by atoms with van der Waals surface area (Å²) in [6.45, 7) is 5.31. The Kier molecular flexibility index (Phi) is 13.2. The largest absolute Gasteiger partial charge is 0.466 e. The molecule has 236 valence electrons. The Labute approximate surface area is 265 Å². The molecular formula is C33H41BrF2O5S2. The fourth-order valence-electron chi connectivity index (χ4n) is 4.50. The number of benzene rings is 3. The minimum absolute atomic E-state index is 0.292. The number of rotatable bonds is 17. The van der Waals surface area contributed by atoms with Crippen LogP contribution in [0.25, 0.3) is 0 Å². The van der Waals surface area contributed by atoms with Crippen molar-refractivity contribution in [2.75, 3.05) is 11.9 Å². The van der Waals surface area contributed by atoms with Gasteiger partial charge in [-0.15, -0.1) is 0 Å². The van der Waals surface area contributed by atoms with Gasteiger partial charge in [0.15, 0.2) is 0 Å². The van der Waals surface area contributed by atoms with Gasteiger partial charge in [0.25, 0.3) is 0 Å². The average Bonchev–Trinajstić information content (AvgIpc) is 2.98. The van der Waals surface area contributed by atoms with E-state index in [-0.39, 0.29) is 6.61 Å². The van der Waals surface area contributed by atoms with Gasteiger partial charge in [0.05, 0.1) is 6.61 Å². The van der Waals surface area contributed by atoms with Crippen molar-refractivity contribution in [3.05, 3.63) is 89.5 Å². The molecule has 0 aliphatic carbocycles. The second-order valence-electron chi connectivity index (χ2n) is 10.7. The van der Waals surface area contributed by atoms with Crippen molar-refractivity contribution in [1.29, 1.82) is 0 Å². The minimum Gasteiger partial charge on any atom is -0.460 e. The molecule has 0 radical (unpaired) electrons. The molecular weight excluding hydrogens is 658 g/mol. The molecule has 5 nitrogen and oxygen atoms in total. The Balaban J connectivity index is 1.87. The Morgan fingerprint density at radius 3 is 1.37 bits per heavy atom. The van der Waals surface area contributed by atoms with Gasteiger partial charge in [0.2, 0.25) is 0 Å². The van der Waals surface area contributed by atoms with Gasteiger partial charge in [-0.1, -0.05) is 108 Å². The zero-order chi connectivity index (χ0) is 31.5. The Bertz CT molecular complexity index is 1300. The lowest BCUT2D eigenvalue weighted by Gasteiger charge is -2.40. The highest BCUT2D eigenvalue weighted by Gasteiger charge is 2.58. The molecule has 0 saturated carbocycles. The van der Waals surface area contributed by atoms with Crippen LogP contribution in [0.2, 0.25) is 0 Å². The fourth-order valence-corrected chi connectivity index (χ4v) is 9.89. The number of esters is 1. The highest BCUT2D eigenvalue weighted by atomic mass is 79.9. The van der Waals surface area contributed by atoms with Crippen molar-refractivity contribution in [2.24, 2.45) is 0 Å². The van der Waals surface area contributed by atoms with Crippen LogP contribution in [-0.2, 0) is 23.3 Å².